The molecule has 0 aromatic heterocycles. The molecule has 0 aliphatic heterocycles. The molecule has 1 aromatic carbocycles. The molecule has 1 amide bonds. The van der Waals surface area contributed by atoms with Gasteiger partial charge in [0.1, 0.15) is 0 Å². The van der Waals surface area contributed by atoms with Gasteiger partial charge in [0.25, 0.3) is 0 Å². The lowest BCUT2D eigenvalue weighted by Gasteiger charge is -2.17. The number of hydrogen-bond donors (Lipinski definition) is 2. The second kappa shape index (κ2) is 12.0. The fraction of sp³-hybridized carbons (Fsp3) is 0.588. The van der Waals surface area contributed by atoms with Crippen molar-refractivity contribution in [1.29, 1.82) is 0 Å². The Balaban J connectivity index is 0.00000484. The van der Waals surface area contributed by atoms with Gasteiger partial charge in [-0.3, -0.25) is 4.79 Å². The largest absolute Gasteiger partial charge is 0.493 e. The Hall–Kier alpha value is -1.46. The number of nitrogens with two attached hydrogens (primary N) is 1. The van der Waals surface area contributed by atoms with Crippen molar-refractivity contribution in [2.75, 3.05) is 20.3 Å². The summed E-state index contributed by atoms with van der Waals surface area (Å²) in [6.45, 7) is 5.28. The first kappa shape index (κ1) is 21.5. The van der Waals surface area contributed by atoms with Gasteiger partial charge in [-0.1, -0.05) is 19.4 Å². The maximum atomic E-state index is 11.8. The van der Waals surface area contributed by atoms with Crippen LogP contribution in [0.5, 0.6) is 11.5 Å². The number of nitrogens with one attached hydrogen (secondary N) is 1. The second-order valence-corrected chi connectivity index (χ2v) is 5.29. The Morgan fingerprint density at radius 2 is 2.04 bits per heavy atom. The van der Waals surface area contributed by atoms with Crippen molar-refractivity contribution >= 4 is 18.3 Å². The molecule has 1 atom stereocenters. The number of halogens is 1. The molecule has 5 nitrogen and oxygen atoms in total. The first-order valence-corrected chi connectivity index (χ1v) is 7.92. The number of carbonyl (C=O) groups is 1. The topological polar surface area (TPSA) is 73.6 Å². The minimum Gasteiger partial charge on any atom is -0.493 e. The van der Waals surface area contributed by atoms with Crippen LogP contribution in [-0.2, 0) is 4.79 Å². The van der Waals surface area contributed by atoms with Gasteiger partial charge < -0.3 is 20.5 Å². The summed E-state index contributed by atoms with van der Waals surface area (Å²) in [7, 11) is 1.62. The Morgan fingerprint density at radius 3 is 2.65 bits per heavy atom. The van der Waals surface area contributed by atoms with Gasteiger partial charge in [0.05, 0.1) is 19.8 Å². The third-order valence-corrected chi connectivity index (χ3v) is 3.43. The molecule has 3 N–H and O–H groups in total. The highest BCUT2D eigenvalue weighted by Gasteiger charge is 2.12. The summed E-state index contributed by atoms with van der Waals surface area (Å²) in [4.78, 5) is 11.8. The van der Waals surface area contributed by atoms with E-state index in [9.17, 15) is 4.79 Å². The third-order valence-electron chi connectivity index (χ3n) is 3.43. The first-order valence-electron chi connectivity index (χ1n) is 7.92. The van der Waals surface area contributed by atoms with Gasteiger partial charge in [-0.25, -0.2) is 0 Å². The van der Waals surface area contributed by atoms with Crippen LogP contribution in [0, 0.1) is 0 Å². The van der Waals surface area contributed by atoms with Gasteiger partial charge in [-0.2, -0.15) is 0 Å². The highest BCUT2D eigenvalue weighted by molar-refractivity contribution is 5.85. The number of rotatable bonds is 10. The smallest absolute Gasteiger partial charge is 0.220 e. The van der Waals surface area contributed by atoms with Crippen molar-refractivity contribution in [3.05, 3.63) is 23.8 Å². The molecule has 0 aliphatic rings. The monoisotopic (exact) mass is 344 g/mol. The number of methoxy groups -OCH3 is 1. The molecule has 132 valence electrons. The second-order valence-electron chi connectivity index (χ2n) is 5.29. The van der Waals surface area contributed by atoms with Crippen LogP contribution >= 0.6 is 12.4 Å². The van der Waals surface area contributed by atoms with E-state index in [-0.39, 0.29) is 24.4 Å². The van der Waals surface area contributed by atoms with Crippen molar-refractivity contribution in [2.45, 2.75) is 45.6 Å². The highest BCUT2D eigenvalue weighted by atomic mass is 35.5. The van der Waals surface area contributed by atoms with Crippen LogP contribution in [0.2, 0.25) is 0 Å². The van der Waals surface area contributed by atoms with Crippen molar-refractivity contribution in [2.24, 2.45) is 5.73 Å². The summed E-state index contributed by atoms with van der Waals surface area (Å²) < 4.78 is 11.1. The van der Waals surface area contributed by atoms with E-state index in [2.05, 4.69) is 12.2 Å². The van der Waals surface area contributed by atoms with E-state index in [4.69, 9.17) is 15.2 Å². The van der Waals surface area contributed by atoms with E-state index in [0.29, 0.717) is 31.7 Å². The number of hydrogen-bond acceptors (Lipinski definition) is 4. The van der Waals surface area contributed by atoms with Gasteiger partial charge in [-0.05, 0) is 44.0 Å². The lowest BCUT2D eigenvalue weighted by molar-refractivity contribution is -0.121. The molecule has 1 unspecified atom stereocenters. The molecule has 1 rings (SSSR count). The van der Waals surface area contributed by atoms with Crippen LogP contribution in [0.25, 0.3) is 0 Å². The van der Waals surface area contributed by atoms with Crippen LogP contribution in [0.1, 0.15) is 51.1 Å². The Labute approximate surface area is 145 Å². The normalized spacial score (nSPS) is 11.3. The fourth-order valence-electron chi connectivity index (χ4n) is 2.06. The maximum Gasteiger partial charge on any atom is 0.220 e. The van der Waals surface area contributed by atoms with Crippen molar-refractivity contribution < 1.29 is 14.3 Å². The Kier molecular flexibility index (Phi) is 11.3. The van der Waals surface area contributed by atoms with E-state index in [1.807, 2.05) is 25.1 Å². The summed E-state index contributed by atoms with van der Waals surface area (Å²) in [6, 6.07) is 5.68. The predicted molar refractivity (Wildman–Crippen MR) is 95.5 cm³/mol. The Bertz CT molecular complexity index is 469. The average molecular weight is 345 g/mol. The van der Waals surface area contributed by atoms with Crippen molar-refractivity contribution in [3.63, 3.8) is 0 Å². The van der Waals surface area contributed by atoms with E-state index < -0.39 is 0 Å². The van der Waals surface area contributed by atoms with E-state index in [0.717, 1.165) is 24.2 Å². The quantitative estimate of drug-likeness (QED) is 0.639. The van der Waals surface area contributed by atoms with Crippen LogP contribution in [0.3, 0.4) is 0 Å². The van der Waals surface area contributed by atoms with Crippen LogP contribution in [0.15, 0.2) is 18.2 Å². The van der Waals surface area contributed by atoms with E-state index >= 15 is 0 Å². The molecule has 0 aliphatic carbocycles. The minimum absolute atomic E-state index is 0. The van der Waals surface area contributed by atoms with Crippen molar-refractivity contribution in [1.82, 2.24) is 5.32 Å². The number of unbranched alkanes of at least 4 members (excludes halogenated alkanes) is 1. The van der Waals surface area contributed by atoms with Crippen LogP contribution in [0.4, 0.5) is 0 Å². The molecule has 6 heteroatoms. The molecular formula is C17H29ClN2O3. The summed E-state index contributed by atoms with van der Waals surface area (Å²) >= 11 is 0. The molecule has 0 spiro atoms. The standard InChI is InChI=1S/C17H28N2O3.ClH/c1-4-5-11-22-15-9-8-14(12-16(15)21-3)13(2)19-17(20)7-6-10-18;/h8-9,12-13H,4-7,10-11,18H2,1-3H3,(H,19,20);1H. The zero-order chi connectivity index (χ0) is 16.4. The maximum absolute atomic E-state index is 11.8. The minimum atomic E-state index is -0.0798. The molecule has 23 heavy (non-hydrogen) atoms. The summed E-state index contributed by atoms with van der Waals surface area (Å²) in [5.41, 5.74) is 6.40. The number of ether oxygens (including phenoxy) is 2. The molecule has 0 saturated heterocycles. The van der Waals surface area contributed by atoms with Crippen LogP contribution in [-0.4, -0.2) is 26.2 Å². The zero-order valence-corrected chi connectivity index (χ0v) is 15.1. The lowest BCUT2D eigenvalue weighted by atomic mass is 10.1. The van der Waals surface area contributed by atoms with Gasteiger partial charge in [0.15, 0.2) is 11.5 Å². The van der Waals surface area contributed by atoms with Crippen molar-refractivity contribution in [3.8, 4) is 11.5 Å². The van der Waals surface area contributed by atoms with E-state index in [1.54, 1.807) is 7.11 Å². The number of benzene rings is 1. The molecule has 0 radical (unpaired) electrons. The van der Waals surface area contributed by atoms with Gasteiger partial charge in [0, 0.05) is 6.42 Å². The summed E-state index contributed by atoms with van der Waals surface area (Å²) in [6.07, 6.45) is 3.26. The molecular weight excluding hydrogens is 316 g/mol. The number of carbonyl (C=O) groups excluding carboxylic acids is 1. The molecule has 0 saturated carbocycles. The van der Waals surface area contributed by atoms with E-state index in [1.165, 1.54) is 0 Å². The molecule has 0 fully saturated rings. The third kappa shape index (κ3) is 7.57. The first-order chi connectivity index (χ1) is 10.6. The molecule has 1 aromatic rings. The Morgan fingerprint density at radius 1 is 1.30 bits per heavy atom. The molecule has 0 bridgehead atoms. The van der Waals surface area contributed by atoms with Gasteiger partial charge in [-0.15, -0.1) is 12.4 Å². The lowest BCUT2D eigenvalue weighted by Crippen LogP contribution is -2.26. The summed E-state index contributed by atoms with van der Waals surface area (Å²) in [5, 5.41) is 2.96. The molecule has 0 heterocycles. The average Bonchev–Trinajstić information content (AvgIpc) is 2.53. The highest BCUT2D eigenvalue weighted by Crippen LogP contribution is 2.30. The van der Waals surface area contributed by atoms with Gasteiger partial charge in [0.2, 0.25) is 5.91 Å². The fourth-order valence-corrected chi connectivity index (χ4v) is 2.06. The summed E-state index contributed by atoms with van der Waals surface area (Å²) in [5.74, 6) is 1.44. The van der Waals surface area contributed by atoms with Gasteiger partial charge >= 0.3 is 0 Å². The SMILES string of the molecule is CCCCOc1ccc(C(C)NC(=O)CCCN)cc1OC.Cl. The predicted octanol–water partition coefficient (Wildman–Crippen LogP) is 3.21. The number of amides is 1. The van der Waals surface area contributed by atoms with Crippen LogP contribution < -0.4 is 20.5 Å². The zero-order valence-electron chi connectivity index (χ0n) is 14.3.